The third-order valence-electron chi connectivity index (χ3n) is 3.48. The van der Waals surface area contributed by atoms with Gasteiger partial charge in [0.25, 0.3) is 0 Å². The first-order chi connectivity index (χ1) is 8.74. The van der Waals surface area contributed by atoms with Crippen LogP contribution in [0.4, 0.5) is 0 Å². The van der Waals surface area contributed by atoms with Crippen molar-refractivity contribution in [3.63, 3.8) is 0 Å². The molecule has 0 saturated heterocycles. The number of aliphatic hydroxyl groups is 1. The molecule has 1 aliphatic rings. The van der Waals surface area contributed by atoms with Crippen molar-refractivity contribution in [1.29, 1.82) is 0 Å². The third kappa shape index (κ3) is 2.82. The smallest absolute Gasteiger partial charge is 0.245 e. The first-order valence-electron chi connectivity index (χ1n) is 6.29. The molecule has 0 heterocycles. The molecule has 0 aromatic heterocycles. The average molecular weight is 249 g/mol. The van der Waals surface area contributed by atoms with Gasteiger partial charge in [-0.1, -0.05) is 6.07 Å². The molecule has 1 aromatic carbocycles. The molecule has 4 heteroatoms. The molecule has 1 atom stereocenters. The van der Waals surface area contributed by atoms with E-state index in [1.165, 1.54) is 11.1 Å². The number of aryl methyl sites for hydroxylation is 1. The van der Waals surface area contributed by atoms with Crippen LogP contribution in [-0.4, -0.2) is 31.3 Å². The van der Waals surface area contributed by atoms with Crippen molar-refractivity contribution in [2.75, 3.05) is 20.3 Å². The van der Waals surface area contributed by atoms with Crippen molar-refractivity contribution >= 4 is 5.91 Å². The Hall–Kier alpha value is -1.55. The van der Waals surface area contributed by atoms with Crippen LogP contribution in [0, 0.1) is 0 Å². The van der Waals surface area contributed by atoms with E-state index in [9.17, 15) is 4.79 Å². The van der Waals surface area contributed by atoms with Crippen LogP contribution in [0.5, 0.6) is 5.75 Å². The lowest BCUT2D eigenvalue weighted by Gasteiger charge is -2.26. The minimum Gasteiger partial charge on any atom is -0.497 e. The molecule has 18 heavy (non-hydrogen) atoms. The Labute approximate surface area is 107 Å². The summed E-state index contributed by atoms with van der Waals surface area (Å²) in [5.41, 5.74) is 2.60. The molecular weight excluding hydrogens is 230 g/mol. The van der Waals surface area contributed by atoms with Crippen molar-refractivity contribution in [2.24, 2.45) is 0 Å². The lowest BCUT2D eigenvalue weighted by atomic mass is 9.82. The number of carbonyl (C=O) groups excluding carboxylic acids is 1. The molecule has 0 fully saturated rings. The summed E-state index contributed by atoms with van der Waals surface area (Å²) in [7, 11) is 1.67. The molecule has 0 bridgehead atoms. The van der Waals surface area contributed by atoms with Gasteiger partial charge in [-0.05, 0) is 42.5 Å². The van der Waals surface area contributed by atoms with E-state index in [-0.39, 0.29) is 5.91 Å². The highest BCUT2D eigenvalue weighted by Gasteiger charge is 2.20. The molecule has 0 radical (unpaired) electrons. The molecule has 4 nitrogen and oxygen atoms in total. The fourth-order valence-corrected chi connectivity index (χ4v) is 2.52. The number of rotatable bonds is 4. The van der Waals surface area contributed by atoms with Gasteiger partial charge in [0, 0.05) is 12.5 Å². The van der Waals surface area contributed by atoms with E-state index in [4.69, 9.17) is 9.84 Å². The monoisotopic (exact) mass is 249 g/mol. The van der Waals surface area contributed by atoms with Crippen LogP contribution in [-0.2, 0) is 11.2 Å². The van der Waals surface area contributed by atoms with E-state index in [2.05, 4.69) is 17.4 Å². The lowest BCUT2D eigenvalue weighted by Crippen LogP contribution is -2.31. The Morgan fingerprint density at radius 3 is 3.11 bits per heavy atom. The SMILES string of the molecule is COc1ccc2c(c1)CCC[C@H]2CNC(=O)CO. The summed E-state index contributed by atoms with van der Waals surface area (Å²) in [4.78, 5) is 11.1. The quantitative estimate of drug-likeness (QED) is 0.843. The zero-order valence-electron chi connectivity index (χ0n) is 10.6. The average Bonchev–Trinajstić information content (AvgIpc) is 2.43. The zero-order chi connectivity index (χ0) is 13.0. The fourth-order valence-electron chi connectivity index (χ4n) is 2.52. The summed E-state index contributed by atoms with van der Waals surface area (Å²) in [5.74, 6) is 0.916. The number of hydrogen-bond acceptors (Lipinski definition) is 3. The number of amides is 1. The predicted molar refractivity (Wildman–Crippen MR) is 68.8 cm³/mol. The summed E-state index contributed by atoms with van der Waals surface area (Å²) < 4.78 is 5.23. The van der Waals surface area contributed by atoms with Gasteiger partial charge in [0.1, 0.15) is 12.4 Å². The van der Waals surface area contributed by atoms with Crippen molar-refractivity contribution in [3.05, 3.63) is 29.3 Å². The van der Waals surface area contributed by atoms with Gasteiger partial charge in [-0.2, -0.15) is 0 Å². The van der Waals surface area contributed by atoms with Crippen LogP contribution in [0.3, 0.4) is 0 Å². The number of carbonyl (C=O) groups is 1. The normalized spacial score (nSPS) is 18.0. The van der Waals surface area contributed by atoms with Gasteiger partial charge >= 0.3 is 0 Å². The van der Waals surface area contributed by atoms with Gasteiger partial charge in [-0.3, -0.25) is 4.79 Å². The molecular formula is C14H19NO3. The van der Waals surface area contributed by atoms with E-state index in [1.54, 1.807) is 7.11 Å². The van der Waals surface area contributed by atoms with Gasteiger partial charge in [0.15, 0.2) is 0 Å². The van der Waals surface area contributed by atoms with Gasteiger partial charge in [-0.25, -0.2) is 0 Å². The maximum atomic E-state index is 11.1. The first kappa shape index (κ1) is 12.9. The van der Waals surface area contributed by atoms with Crippen molar-refractivity contribution in [1.82, 2.24) is 5.32 Å². The summed E-state index contributed by atoms with van der Waals surface area (Å²) in [5, 5.41) is 11.5. The van der Waals surface area contributed by atoms with Crippen LogP contribution in [0.1, 0.15) is 29.9 Å². The molecule has 1 amide bonds. The molecule has 2 rings (SSSR count). The Bertz CT molecular complexity index is 431. The first-order valence-corrected chi connectivity index (χ1v) is 6.29. The Morgan fingerprint density at radius 1 is 1.56 bits per heavy atom. The second-order valence-electron chi connectivity index (χ2n) is 4.62. The fraction of sp³-hybridized carbons (Fsp3) is 0.500. The van der Waals surface area contributed by atoms with Crippen LogP contribution in [0.15, 0.2) is 18.2 Å². The number of methoxy groups -OCH3 is 1. The van der Waals surface area contributed by atoms with Crippen LogP contribution >= 0.6 is 0 Å². The summed E-state index contributed by atoms with van der Waals surface area (Å²) in [6.07, 6.45) is 3.27. The second-order valence-corrected chi connectivity index (χ2v) is 4.62. The highest BCUT2D eigenvalue weighted by Crippen LogP contribution is 2.33. The van der Waals surface area contributed by atoms with E-state index < -0.39 is 6.61 Å². The highest BCUT2D eigenvalue weighted by atomic mass is 16.5. The summed E-state index contributed by atoms with van der Waals surface area (Å²) in [6.45, 7) is 0.154. The molecule has 0 saturated carbocycles. The standard InChI is InChI=1S/C14H19NO3/c1-18-12-5-6-13-10(7-12)3-2-4-11(13)8-15-14(17)9-16/h5-7,11,16H,2-4,8-9H2,1H3,(H,15,17)/t11-/m0/s1. The summed E-state index contributed by atoms with van der Waals surface area (Å²) in [6, 6.07) is 6.13. The Morgan fingerprint density at radius 2 is 2.39 bits per heavy atom. The maximum absolute atomic E-state index is 11.1. The van der Waals surface area contributed by atoms with Crippen LogP contribution < -0.4 is 10.1 Å². The maximum Gasteiger partial charge on any atom is 0.245 e. The Balaban J connectivity index is 2.10. The molecule has 0 spiro atoms. The highest BCUT2D eigenvalue weighted by molar-refractivity contribution is 5.76. The van der Waals surface area contributed by atoms with Crippen LogP contribution in [0.25, 0.3) is 0 Å². The van der Waals surface area contributed by atoms with E-state index in [1.807, 2.05) is 6.07 Å². The number of hydrogen-bond donors (Lipinski definition) is 2. The second kappa shape index (κ2) is 5.87. The lowest BCUT2D eigenvalue weighted by molar-refractivity contribution is -0.123. The van der Waals surface area contributed by atoms with Gasteiger partial charge in [0.2, 0.25) is 5.91 Å². The number of aliphatic hydroxyl groups excluding tert-OH is 1. The van der Waals surface area contributed by atoms with Crippen LogP contribution in [0.2, 0.25) is 0 Å². The molecule has 1 aromatic rings. The van der Waals surface area contributed by atoms with Crippen molar-refractivity contribution in [2.45, 2.75) is 25.2 Å². The Kier molecular flexibility index (Phi) is 4.20. The number of benzene rings is 1. The predicted octanol–water partition coefficient (Wildman–Crippen LogP) is 1.22. The summed E-state index contributed by atoms with van der Waals surface area (Å²) >= 11 is 0. The molecule has 0 aliphatic heterocycles. The minimum atomic E-state index is -0.442. The third-order valence-corrected chi connectivity index (χ3v) is 3.48. The molecule has 0 unspecified atom stereocenters. The van der Waals surface area contributed by atoms with E-state index in [0.29, 0.717) is 12.5 Å². The minimum absolute atomic E-state index is 0.310. The number of fused-ring (bicyclic) bond motifs is 1. The van der Waals surface area contributed by atoms with Crippen molar-refractivity contribution < 1.29 is 14.6 Å². The topological polar surface area (TPSA) is 58.6 Å². The molecule has 2 N–H and O–H groups in total. The number of nitrogens with one attached hydrogen (secondary N) is 1. The van der Waals surface area contributed by atoms with Gasteiger partial charge in [0.05, 0.1) is 7.11 Å². The largest absolute Gasteiger partial charge is 0.497 e. The van der Waals surface area contributed by atoms with Crippen molar-refractivity contribution in [3.8, 4) is 5.75 Å². The van der Waals surface area contributed by atoms with Gasteiger partial charge < -0.3 is 15.2 Å². The number of ether oxygens (including phenoxy) is 1. The van der Waals surface area contributed by atoms with E-state index in [0.717, 1.165) is 25.0 Å². The van der Waals surface area contributed by atoms with E-state index >= 15 is 0 Å². The zero-order valence-corrected chi connectivity index (χ0v) is 10.6. The molecule has 98 valence electrons. The van der Waals surface area contributed by atoms with Gasteiger partial charge in [-0.15, -0.1) is 0 Å². The molecule has 1 aliphatic carbocycles.